The summed E-state index contributed by atoms with van der Waals surface area (Å²) in [6.45, 7) is 3.14. The molecule has 0 aromatic carbocycles. The van der Waals surface area contributed by atoms with Crippen molar-refractivity contribution in [3.05, 3.63) is 24.2 Å². The number of aliphatic hydroxyl groups excluding tert-OH is 1. The van der Waals surface area contributed by atoms with Crippen LogP contribution in [0.1, 0.15) is 26.0 Å². The number of rotatable bonds is 8. The number of nitrogen functional groups attached to an aromatic ring is 1. The van der Waals surface area contributed by atoms with Crippen molar-refractivity contribution in [1.29, 1.82) is 5.31 Å². The van der Waals surface area contributed by atoms with Crippen molar-refractivity contribution in [2.75, 3.05) is 5.73 Å². The summed E-state index contributed by atoms with van der Waals surface area (Å²) < 4.78 is 34.1. The van der Waals surface area contributed by atoms with E-state index in [2.05, 4.69) is 10.1 Å². The molecule has 8 nitrogen and oxygen atoms in total. The summed E-state index contributed by atoms with van der Waals surface area (Å²) in [5.41, 5.74) is 2.85. The van der Waals surface area contributed by atoms with E-state index in [0.717, 1.165) is 10.8 Å². The monoisotopic (exact) mass is 355 g/mol. The van der Waals surface area contributed by atoms with Crippen molar-refractivity contribution in [3.8, 4) is 0 Å². The molecule has 25 heavy (non-hydrogen) atoms. The third-order valence-corrected chi connectivity index (χ3v) is 4.38. The van der Waals surface area contributed by atoms with Gasteiger partial charge in [0.25, 0.3) is 0 Å². The second-order valence-electron chi connectivity index (χ2n) is 5.80. The number of nitrogens with one attached hydrogen (secondary N) is 1. The number of fused-ring (bicyclic) bond motifs is 1. The van der Waals surface area contributed by atoms with Crippen molar-refractivity contribution in [2.45, 2.75) is 44.5 Å². The van der Waals surface area contributed by atoms with Crippen LogP contribution in [0, 0.1) is 11.2 Å². The fraction of sp³-hybridized carbons (Fsp3) is 0.571. The zero-order valence-corrected chi connectivity index (χ0v) is 13.8. The summed E-state index contributed by atoms with van der Waals surface area (Å²) in [7, 11) is 0.468. The van der Waals surface area contributed by atoms with Crippen LogP contribution in [0.25, 0.3) is 5.52 Å². The molecule has 1 unspecified atom stereocenters. The van der Waals surface area contributed by atoms with E-state index >= 15 is 0 Å². The molecule has 2 aromatic heterocycles. The van der Waals surface area contributed by atoms with Gasteiger partial charge < -0.3 is 0 Å². The van der Waals surface area contributed by atoms with Gasteiger partial charge in [0, 0.05) is 0 Å². The number of alkyl halides is 2. The van der Waals surface area contributed by atoms with Crippen molar-refractivity contribution in [1.82, 2.24) is 14.6 Å². The molecule has 0 fully saturated rings. The standard InChI is InChI=1S/C14H20BF2N5O3/c1-3-9(23)7(2)11(25-15-19)14(24,13(16)17)10-5-4-8-12(18)20-6-21-22(8)10/h4-7,9,11,13,19,23-24H,3H2,1-2H3,(H2,18,20,21)/t7-,9+,11?,14+/m0/s1. The molecule has 2 heterocycles. The Hall–Kier alpha value is -2.14. The molecule has 0 aliphatic rings. The van der Waals surface area contributed by atoms with Crippen molar-refractivity contribution in [3.63, 3.8) is 0 Å². The molecule has 0 aliphatic heterocycles. The van der Waals surface area contributed by atoms with E-state index in [1.165, 1.54) is 19.1 Å². The van der Waals surface area contributed by atoms with Crippen LogP contribution in [0.2, 0.25) is 0 Å². The molecule has 0 saturated heterocycles. The van der Waals surface area contributed by atoms with Crippen LogP contribution in [-0.2, 0) is 10.3 Å². The first-order valence-electron chi connectivity index (χ1n) is 7.70. The van der Waals surface area contributed by atoms with Crippen LogP contribution in [0.3, 0.4) is 0 Å². The Kier molecular flexibility index (Phi) is 5.68. The van der Waals surface area contributed by atoms with E-state index < -0.39 is 30.2 Å². The first kappa shape index (κ1) is 19.2. The second-order valence-corrected chi connectivity index (χ2v) is 5.80. The summed E-state index contributed by atoms with van der Waals surface area (Å²) in [4.78, 5) is 3.77. The number of halogens is 2. The van der Waals surface area contributed by atoms with Crippen LogP contribution < -0.4 is 5.73 Å². The molecule has 136 valence electrons. The summed E-state index contributed by atoms with van der Waals surface area (Å²) in [6, 6.07) is 2.65. The number of hydrogen-bond acceptors (Lipinski definition) is 7. The van der Waals surface area contributed by atoms with Gasteiger partial charge in [-0.15, -0.1) is 0 Å². The Labute approximate surface area is 143 Å². The number of aliphatic hydroxyl groups is 2. The van der Waals surface area contributed by atoms with E-state index in [4.69, 9.17) is 15.7 Å². The van der Waals surface area contributed by atoms with Gasteiger partial charge in [0.15, 0.2) is 0 Å². The fourth-order valence-electron chi connectivity index (χ4n) is 2.91. The molecule has 0 spiro atoms. The van der Waals surface area contributed by atoms with Crippen LogP contribution in [0.5, 0.6) is 0 Å². The molecular formula is C14H20BF2N5O3. The first-order chi connectivity index (χ1) is 11.8. The average Bonchev–Trinajstić information content (AvgIpc) is 3.03. The van der Waals surface area contributed by atoms with Gasteiger partial charge in [0.05, 0.1) is 0 Å². The van der Waals surface area contributed by atoms with Crippen molar-refractivity contribution >= 4 is 18.6 Å². The number of anilines is 1. The molecule has 0 aliphatic carbocycles. The number of nitrogens with zero attached hydrogens (tertiary/aromatic N) is 3. The molecule has 2 rings (SSSR count). The van der Waals surface area contributed by atoms with Gasteiger partial charge in [0.1, 0.15) is 0 Å². The molecule has 0 radical (unpaired) electrons. The molecule has 2 aromatic rings. The maximum atomic E-state index is 14.0. The predicted molar refractivity (Wildman–Crippen MR) is 86.1 cm³/mol. The SMILES string of the molecule is CC[C@@H](O)[C@H](C)C(OB=N)[C@](O)(c1ccc2c(N)ncnn12)C(F)F. The Morgan fingerprint density at radius 3 is 2.72 bits per heavy atom. The van der Waals surface area contributed by atoms with E-state index in [9.17, 15) is 19.0 Å². The molecule has 11 heteroatoms. The van der Waals surface area contributed by atoms with Crippen LogP contribution in [0.15, 0.2) is 18.5 Å². The predicted octanol–water partition coefficient (Wildman–Crippen LogP) is 0.938. The zero-order chi connectivity index (χ0) is 18.8. The van der Waals surface area contributed by atoms with Crippen LogP contribution in [-0.4, -0.2) is 50.7 Å². The zero-order valence-electron chi connectivity index (χ0n) is 13.8. The number of hydrogen-bond donors (Lipinski definition) is 4. The summed E-state index contributed by atoms with van der Waals surface area (Å²) in [6.07, 6.45) is -4.54. The van der Waals surface area contributed by atoms with Gasteiger partial charge in [-0.1, -0.05) is 0 Å². The number of nitrogens with two attached hydrogens (primary N) is 1. The van der Waals surface area contributed by atoms with Gasteiger partial charge in [0.2, 0.25) is 0 Å². The third-order valence-electron chi connectivity index (χ3n) is 4.38. The summed E-state index contributed by atoms with van der Waals surface area (Å²) in [5, 5.41) is 32.0. The van der Waals surface area contributed by atoms with Crippen molar-refractivity contribution < 1.29 is 23.6 Å². The van der Waals surface area contributed by atoms with Crippen LogP contribution >= 0.6 is 0 Å². The van der Waals surface area contributed by atoms with E-state index in [-0.39, 0.29) is 23.4 Å². The Balaban J connectivity index is 2.65. The fourth-order valence-corrected chi connectivity index (χ4v) is 2.91. The van der Waals surface area contributed by atoms with E-state index in [1.54, 1.807) is 6.92 Å². The maximum absolute atomic E-state index is 14.0. The topological polar surface area (TPSA) is 130 Å². The summed E-state index contributed by atoms with van der Waals surface area (Å²) >= 11 is 0. The van der Waals surface area contributed by atoms with Gasteiger partial charge in [-0.05, 0) is 0 Å². The number of aromatic nitrogens is 3. The van der Waals surface area contributed by atoms with E-state index in [0.29, 0.717) is 7.27 Å². The minimum absolute atomic E-state index is 0.0593. The van der Waals surface area contributed by atoms with Gasteiger partial charge in [-0.2, -0.15) is 0 Å². The van der Waals surface area contributed by atoms with Crippen molar-refractivity contribution in [2.24, 2.45) is 5.92 Å². The molecule has 5 N–H and O–H groups in total. The van der Waals surface area contributed by atoms with Crippen LogP contribution in [0.4, 0.5) is 14.6 Å². The molecule has 0 bridgehead atoms. The second kappa shape index (κ2) is 7.40. The normalized spacial score (nSPS) is 17.7. The molecule has 4 atom stereocenters. The Morgan fingerprint density at radius 2 is 2.16 bits per heavy atom. The minimum atomic E-state index is -3.28. The third kappa shape index (κ3) is 3.21. The van der Waals surface area contributed by atoms with Gasteiger partial charge in [-0.3, -0.25) is 0 Å². The quantitative estimate of drug-likeness (QED) is 0.522. The molecular weight excluding hydrogens is 335 g/mol. The van der Waals surface area contributed by atoms with Gasteiger partial charge >= 0.3 is 142 Å². The Morgan fingerprint density at radius 1 is 1.48 bits per heavy atom. The molecule has 0 amide bonds. The average molecular weight is 355 g/mol. The van der Waals surface area contributed by atoms with E-state index in [1.807, 2.05) is 0 Å². The summed E-state index contributed by atoms with van der Waals surface area (Å²) in [5.74, 6) is -0.834. The Bertz CT molecular complexity index is 746. The van der Waals surface area contributed by atoms with Gasteiger partial charge in [-0.25, -0.2) is 0 Å². The molecule has 0 saturated carbocycles. The first-order valence-corrected chi connectivity index (χ1v) is 7.70.